The van der Waals surface area contributed by atoms with Gasteiger partial charge in [-0.15, -0.1) is 10.2 Å². The van der Waals surface area contributed by atoms with E-state index in [-0.39, 0.29) is 5.91 Å². The van der Waals surface area contributed by atoms with Crippen LogP contribution in [0.3, 0.4) is 0 Å². The number of benzene rings is 1. The van der Waals surface area contributed by atoms with Crippen LogP contribution in [0.1, 0.15) is 41.6 Å². The zero-order chi connectivity index (χ0) is 16.9. The number of hydrogen-bond donors (Lipinski definition) is 0. The number of piperazine rings is 1. The normalized spacial score (nSPS) is 15.7. The summed E-state index contributed by atoms with van der Waals surface area (Å²) in [4.78, 5) is 16.7. The van der Waals surface area contributed by atoms with Gasteiger partial charge in [0.1, 0.15) is 0 Å². The van der Waals surface area contributed by atoms with Gasteiger partial charge in [-0.2, -0.15) is 0 Å². The van der Waals surface area contributed by atoms with Crippen molar-refractivity contribution in [2.24, 2.45) is 0 Å². The first-order valence-corrected chi connectivity index (χ1v) is 8.61. The average Bonchev–Trinajstić information content (AvgIpc) is 3.09. The second-order valence-electron chi connectivity index (χ2n) is 6.06. The maximum absolute atomic E-state index is 12.6. The van der Waals surface area contributed by atoms with Crippen LogP contribution in [0.2, 0.25) is 0 Å². The van der Waals surface area contributed by atoms with Gasteiger partial charge in [-0.25, -0.2) is 0 Å². The molecule has 0 spiro atoms. The van der Waals surface area contributed by atoms with Gasteiger partial charge in [0, 0.05) is 38.2 Å². The Bertz CT molecular complexity index is 673. The molecule has 0 aliphatic carbocycles. The number of aromatic nitrogens is 2. The van der Waals surface area contributed by atoms with E-state index in [0.29, 0.717) is 18.3 Å². The van der Waals surface area contributed by atoms with Crippen LogP contribution in [-0.2, 0) is 19.4 Å². The van der Waals surface area contributed by atoms with Gasteiger partial charge < -0.3 is 9.32 Å². The van der Waals surface area contributed by atoms with Crippen LogP contribution in [0.15, 0.2) is 28.7 Å². The Morgan fingerprint density at radius 3 is 2.25 bits per heavy atom. The maximum atomic E-state index is 12.6. The molecule has 0 saturated carbocycles. The predicted octanol–water partition coefficient (Wildman–Crippen LogP) is 2.15. The van der Waals surface area contributed by atoms with Crippen molar-refractivity contribution >= 4 is 5.91 Å². The van der Waals surface area contributed by atoms with Gasteiger partial charge in [-0.1, -0.05) is 26.0 Å². The van der Waals surface area contributed by atoms with Crippen molar-refractivity contribution in [1.82, 2.24) is 20.0 Å². The number of rotatable bonds is 5. The molecule has 2 heterocycles. The molecule has 1 saturated heterocycles. The van der Waals surface area contributed by atoms with E-state index < -0.39 is 0 Å². The van der Waals surface area contributed by atoms with E-state index >= 15 is 0 Å². The Labute approximate surface area is 142 Å². The quantitative estimate of drug-likeness (QED) is 0.841. The molecular weight excluding hydrogens is 304 g/mol. The van der Waals surface area contributed by atoms with Crippen LogP contribution < -0.4 is 0 Å². The monoisotopic (exact) mass is 328 g/mol. The van der Waals surface area contributed by atoms with E-state index in [2.05, 4.69) is 22.0 Å². The van der Waals surface area contributed by atoms with Crippen LogP contribution in [0.25, 0.3) is 0 Å². The lowest BCUT2D eigenvalue weighted by molar-refractivity contribution is 0.0617. The van der Waals surface area contributed by atoms with Crippen molar-refractivity contribution in [2.75, 3.05) is 26.2 Å². The molecule has 2 aromatic rings. The molecule has 128 valence electrons. The molecular formula is C18H24N4O2. The third kappa shape index (κ3) is 3.82. The molecule has 3 rings (SSSR count). The predicted molar refractivity (Wildman–Crippen MR) is 90.7 cm³/mol. The molecule has 1 aliphatic rings. The Morgan fingerprint density at radius 2 is 1.67 bits per heavy atom. The van der Waals surface area contributed by atoms with E-state index in [1.54, 1.807) is 0 Å². The van der Waals surface area contributed by atoms with Crippen molar-refractivity contribution < 1.29 is 9.21 Å². The lowest BCUT2D eigenvalue weighted by Gasteiger charge is -2.34. The van der Waals surface area contributed by atoms with Gasteiger partial charge >= 0.3 is 0 Å². The summed E-state index contributed by atoms with van der Waals surface area (Å²) < 4.78 is 5.56. The number of nitrogens with zero attached hydrogens (tertiary/aromatic N) is 4. The lowest BCUT2D eigenvalue weighted by atomic mass is 10.1. The second kappa shape index (κ2) is 7.57. The van der Waals surface area contributed by atoms with Crippen molar-refractivity contribution in [2.45, 2.75) is 33.2 Å². The van der Waals surface area contributed by atoms with Crippen molar-refractivity contribution in [3.63, 3.8) is 0 Å². The molecule has 1 amide bonds. The standard InChI is InChI=1S/C18H24N4O2/c1-3-14-5-7-15(8-6-14)18(23)22-11-9-21(10-12-22)13-17-20-19-16(4-2)24-17/h5-8H,3-4,9-13H2,1-2H3. The summed E-state index contributed by atoms with van der Waals surface area (Å²) in [6.45, 7) is 7.86. The van der Waals surface area contributed by atoms with Crippen molar-refractivity contribution in [1.29, 1.82) is 0 Å². The number of carbonyl (C=O) groups excluding carboxylic acids is 1. The van der Waals surface area contributed by atoms with E-state index in [4.69, 9.17) is 4.42 Å². The molecule has 6 nitrogen and oxygen atoms in total. The number of aryl methyl sites for hydroxylation is 2. The first-order chi connectivity index (χ1) is 11.7. The van der Waals surface area contributed by atoms with Crippen molar-refractivity contribution in [3.8, 4) is 0 Å². The molecule has 24 heavy (non-hydrogen) atoms. The average molecular weight is 328 g/mol. The first-order valence-electron chi connectivity index (χ1n) is 8.61. The fourth-order valence-corrected chi connectivity index (χ4v) is 2.86. The molecule has 0 unspecified atom stereocenters. The van der Waals surface area contributed by atoms with E-state index in [1.165, 1.54) is 5.56 Å². The summed E-state index contributed by atoms with van der Waals surface area (Å²) >= 11 is 0. The minimum Gasteiger partial charge on any atom is -0.424 e. The zero-order valence-corrected chi connectivity index (χ0v) is 14.4. The van der Waals surface area contributed by atoms with Gasteiger partial charge in [0.05, 0.1) is 6.54 Å². The molecule has 0 atom stereocenters. The summed E-state index contributed by atoms with van der Waals surface area (Å²) in [5.41, 5.74) is 2.02. The summed E-state index contributed by atoms with van der Waals surface area (Å²) in [7, 11) is 0. The Hall–Kier alpha value is -2.21. The highest BCUT2D eigenvalue weighted by Gasteiger charge is 2.23. The van der Waals surface area contributed by atoms with Crippen LogP contribution in [0.5, 0.6) is 0 Å². The van der Waals surface area contributed by atoms with E-state index in [9.17, 15) is 4.79 Å². The van der Waals surface area contributed by atoms with Crippen molar-refractivity contribution in [3.05, 3.63) is 47.2 Å². The molecule has 1 fully saturated rings. The Balaban J connectivity index is 1.53. The largest absolute Gasteiger partial charge is 0.424 e. The number of hydrogen-bond acceptors (Lipinski definition) is 5. The summed E-state index contributed by atoms with van der Waals surface area (Å²) in [6, 6.07) is 7.92. The summed E-state index contributed by atoms with van der Waals surface area (Å²) in [6.07, 6.45) is 1.74. The Morgan fingerprint density at radius 1 is 1.00 bits per heavy atom. The van der Waals surface area contributed by atoms with Gasteiger partial charge in [0.25, 0.3) is 5.91 Å². The molecule has 0 N–H and O–H groups in total. The van der Waals surface area contributed by atoms with Gasteiger partial charge in [-0.3, -0.25) is 9.69 Å². The molecule has 1 aromatic carbocycles. The van der Waals surface area contributed by atoms with Crippen LogP contribution >= 0.6 is 0 Å². The van der Waals surface area contributed by atoms with Gasteiger partial charge in [0.2, 0.25) is 11.8 Å². The fraction of sp³-hybridized carbons (Fsp3) is 0.500. The van der Waals surface area contributed by atoms with Crippen LogP contribution in [-0.4, -0.2) is 52.1 Å². The minimum absolute atomic E-state index is 0.114. The Kier molecular flexibility index (Phi) is 5.25. The zero-order valence-electron chi connectivity index (χ0n) is 14.4. The fourth-order valence-electron chi connectivity index (χ4n) is 2.86. The van der Waals surface area contributed by atoms with Crippen LogP contribution in [0, 0.1) is 0 Å². The number of amides is 1. The third-order valence-electron chi connectivity index (χ3n) is 4.44. The lowest BCUT2D eigenvalue weighted by Crippen LogP contribution is -2.48. The SMILES string of the molecule is CCc1ccc(C(=O)N2CCN(Cc3nnc(CC)o3)CC2)cc1. The summed E-state index contributed by atoms with van der Waals surface area (Å²) in [5, 5.41) is 8.05. The number of carbonyl (C=O) groups is 1. The highest BCUT2D eigenvalue weighted by atomic mass is 16.4. The topological polar surface area (TPSA) is 62.5 Å². The molecule has 0 radical (unpaired) electrons. The van der Waals surface area contributed by atoms with E-state index in [1.807, 2.05) is 36.1 Å². The second-order valence-corrected chi connectivity index (χ2v) is 6.06. The molecule has 0 bridgehead atoms. The van der Waals surface area contributed by atoms with Gasteiger partial charge in [0.15, 0.2) is 0 Å². The van der Waals surface area contributed by atoms with Crippen LogP contribution in [0.4, 0.5) is 0 Å². The maximum Gasteiger partial charge on any atom is 0.253 e. The third-order valence-corrected chi connectivity index (χ3v) is 4.44. The van der Waals surface area contributed by atoms with Gasteiger partial charge in [-0.05, 0) is 24.1 Å². The highest BCUT2D eigenvalue weighted by Crippen LogP contribution is 2.12. The molecule has 1 aliphatic heterocycles. The highest BCUT2D eigenvalue weighted by molar-refractivity contribution is 5.94. The van der Waals surface area contributed by atoms with E-state index in [0.717, 1.165) is 44.6 Å². The summed E-state index contributed by atoms with van der Waals surface area (Å²) in [5.74, 6) is 1.44. The first kappa shape index (κ1) is 16.6. The molecule has 1 aromatic heterocycles. The smallest absolute Gasteiger partial charge is 0.253 e. The molecule has 6 heteroatoms. The minimum atomic E-state index is 0.114.